The van der Waals surface area contributed by atoms with Gasteiger partial charge in [0, 0.05) is 6.42 Å². The summed E-state index contributed by atoms with van der Waals surface area (Å²) < 4.78 is 15.7. The van der Waals surface area contributed by atoms with Crippen LogP contribution in [0.25, 0.3) is 0 Å². The Labute approximate surface area is 100 Å². The van der Waals surface area contributed by atoms with Gasteiger partial charge in [0.05, 0.1) is 19.8 Å². The number of nitrogens with two attached hydrogens (primary N) is 1. The Morgan fingerprint density at radius 3 is 2.65 bits per heavy atom. The molecule has 2 rings (SSSR count). The molecule has 1 aromatic rings. The number of benzene rings is 1. The van der Waals surface area contributed by atoms with Gasteiger partial charge < -0.3 is 19.9 Å². The number of hydrogen-bond acceptors (Lipinski definition) is 5. The fourth-order valence-corrected chi connectivity index (χ4v) is 1.57. The molecule has 0 radical (unpaired) electrons. The second-order valence-electron chi connectivity index (χ2n) is 3.74. The van der Waals surface area contributed by atoms with E-state index in [0.717, 1.165) is 17.9 Å². The van der Waals surface area contributed by atoms with E-state index in [1.54, 1.807) is 7.11 Å². The van der Waals surface area contributed by atoms with E-state index in [1.165, 1.54) is 0 Å². The third-order valence-electron chi connectivity index (χ3n) is 2.51. The second kappa shape index (κ2) is 5.43. The third-order valence-corrected chi connectivity index (χ3v) is 2.51. The first-order chi connectivity index (χ1) is 8.28. The number of aliphatic imine (C=N–C) groups is 1. The smallest absolute Gasteiger partial charge is 0.282 e. The quantitative estimate of drug-likeness (QED) is 0.833. The minimum Gasteiger partial charge on any atom is -0.497 e. The van der Waals surface area contributed by atoms with Crippen LogP contribution in [-0.2, 0) is 4.74 Å². The number of ether oxygens (including phenoxy) is 3. The maximum absolute atomic E-state index is 5.58. The summed E-state index contributed by atoms with van der Waals surface area (Å²) in [4.78, 5) is 4.12. The largest absolute Gasteiger partial charge is 0.497 e. The summed E-state index contributed by atoms with van der Waals surface area (Å²) in [7, 11) is 1.64. The molecule has 0 unspecified atom stereocenters. The van der Waals surface area contributed by atoms with Crippen molar-refractivity contribution in [1.29, 1.82) is 0 Å². The molecular formula is C12H16N2O3. The number of methoxy groups -OCH3 is 1. The summed E-state index contributed by atoms with van der Waals surface area (Å²) in [5, 5.41) is 0. The molecule has 0 amide bonds. The average molecular weight is 236 g/mol. The lowest BCUT2D eigenvalue weighted by atomic mass is 10.2. The zero-order chi connectivity index (χ0) is 12.1. The molecule has 1 aliphatic heterocycles. The van der Waals surface area contributed by atoms with Crippen molar-refractivity contribution < 1.29 is 14.2 Å². The van der Waals surface area contributed by atoms with Crippen molar-refractivity contribution in [3.05, 3.63) is 24.3 Å². The lowest BCUT2D eigenvalue weighted by Gasteiger charge is -2.08. The van der Waals surface area contributed by atoms with Gasteiger partial charge in [-0.3, -0.25) is 0 Å². The fourth-order valence-electron chi connectivity index (χ4n) is 1.57. The number of hydrogen-bond donors (Lipinski definition) is 1. The zero-order valence-electron chi connectivity index (χ0n) is 9.76. The van der Waals surface area contributed by atoms with Gasteiger partial charge in [-0.1, -0.05) is 0 Å². The molecule has 5 nitrogen and oxygen atoms in total. The summed E-state index contributed by atoms with van der Waals surface area (Å²) in [5.74, 6) is 1.64. The van der Waals surface area contributed by atoms with Crippen molar-refractivity contribution in [2.45, 2.75) is 12.5 Å². The van der Waals surface area contributed by atoms with Crippen molar-refractivity contribution in [1.82, 2.24) is 0 Å². The van der Waals surface area contributed by atoms with E-state index in [-0.39, 0.29) is 12.1 Å². The SMILES string of the molecule is COc1ccc(OCC[C@H]2COC(N)=N2)cc1. The van der Waals surface area contributed by atoms with E-state index < -0.39 is 0 Å². The monoisotopic (exact) mass is 236 g/mol. The van der Waals surface area contributed by atoms with Gasteiger partial charge in [-0.2, -0.15) is 0 Å². The summed E-state index contributed by atoms with van der Waals surface area (Å²) in [6, 6.07) is 7.88. The van der Waals surface area contributed by atoms with Crippen LogP contribution in [0.2, 0.25) is 0 Å². The van der Waals surface area contributed by atoms with Gasteiger partial charge >= 0.3 is 0 Å². The Morgan fingerprint density at radius 1 is 1.35 bits per heavy atom. The van der Waals surface area contributed by atoms with Crippen LogP contribution in [0.4, 0.5) is 0 Å². The van der Waals surface area contributed by atoms with Gasteiger partial charge in [0.15, 0.2) is 0 Å². The highest BCUT2D eigenvalue weighted by atomic mass is 16.5. The van der Waals surface area contributed by atoms with Crippen LogP contribution < -0.4 is 15.2 Å². The van der Waals surface area contributed by atoms with Crippen LogP contribution in [0.3, 0.4) is 0 Å². The Kier molecular flexibility index (Phi) is 3.69. The van der Waals surface area contributed by atoms with Crippen LogP contribution in [0, 0.1) is 0 Å². The minimum absolute atomic E-state index is 0.119. The zero-order valence-corrected chi connectivity index (χ0v) is 9.76. The van der Waals surface area contributed by atoms with E-state index in [4.69, 9.17) is 19.9 Å². The number of rotatable bonds is 5. The molecular weight excluding hydrogens is 220 g/mol. The first-order valence-electron chi connectivity index (χ1n) is 5.51. The molecule has 0 bridgehead atoms. The van der Waals surface area contributed by atoms with Crippen LogP contribution in [-0.4, -0.2) is 32.4 Å². The second-order valence-corrected chi connectivity index (χ2v) is 3.74. The van der Waals surface area contributed by atoms with Gasteiger partial charge in [0.25, 0.3) is 6.02 Å². The maximum atomic E-state index is 5.58. The molecule has 1 heterocycles. The molecule has 0 saturated carbocycles. The minimum atomic E-state index is 0.119. The number of nitrogens with zero attached hydrogens (tertiary/aromatic N) is 1. The van der Waals surface area contributed by atoms with Gasteiger partial charge in [-0.25, -0.2) is 4.99 Å². The van der Waals surface area contributed by atoms with Crippen LogP contribution in [0.15, 0.2) is 29.3 Å². The molecule has 1 aromatic carbocycles. The molecule has 0 aromatic heterocycles. The lowest BCUT2D eigenvalue weighted by molar-refractivity contribution is 0.263. The lowest BCUT2D eigenvalue weighted by Crippen LogP contribution is -2.12. The van der Waals surface area contributed by atoms with Crippen molar-refractivity contribution >= 4 is 6.02 Å². The molecule has 17 heavy (non-hydrogen) atoms. The van der Waals surface area contributed by atoms with E-state index in [0.29, 0.717) is 13.2 Å². The Bertz CT molecular complexity index is 389. The summed E-state index contributed by atoms with van der Waals surface area (Å²) in [6.07, 6.45) is 0.798. The summed E-state index contributed by atoms with van der Waals surface area (Å²) in [5.41, 5.74) is 5.41. The van der Waals surface area contributed by atoms with Crippen LogP contribution in [0.5, 0.6) is 11.5 Å². The third kappa shape index (κ3) is 3.27. The molecule has 92 valence electrons. The summed E-state index contributed by atoms with van der Waals surface area (Å²) >= 11 is 0. The van der Waals surface area contributed by atoms with Crippen LogP contribution >= 0.6 is 0 Å². The van der Waals surface area contributed by atoms with Crippen molar-refractivity contribution in [3.63, 3.8) is 0 Å². The predicted molar refractivity (Wildman–Crippen MR) is 64.5 cm³/mol. The normalized spacial score (nSPS) is 18.4. The summed E-state index contributed by atoms with van der Waals surface area (Å²) in [6.45, 7) is 1.15. The van der Waals surface area contributed by atoms with Gasteiger partial charge in [0.1, 0.15) is 18.1 Å². The predicted octanol–water partition coefficient (Wildman–Crippen LogP) is 1.18. The molecule has 0 aliphatic carbocycles. The molecule has 0 fully saturated rings. The molecule has 0 spiro atoms. The van der Waals surface area contributed by atoms with E-state index in [2.05, 4.69) is 4.99 Å². The standard InChI is InChI=1S/C12H16N2O3/c1-15-10-2-4-11(5-3-10)16-7-6-9-8-17-12(13)14-9/h2-5,9H,6-8H2,1H3,(H2,13,14)/t9-/m0/s1. The highest BCUT2D eigenvalue weighted by Crippen LogP contribution is 2.17. The van der Waals surface area contributed by atoms with Crippen molar-refractivity contribution in [3.8, 4) is 11.5 Å². The molecule has 5 heteroatoms. The fraction of sp³-hybridized carbons (Fsp3) is 0.417. The average Bonchev–Trinajstić information content (AvgIpc) is 2.76. The highest BCUT2D eigenvalue weighted by Gasteiger charge is 2.16. The topological polar surface area (TPSA) is 66.1 Å². The highest BCUT2D eigenvalue weighted by molar-refractivity contribution is 5.72. The molecule has 0 saturated heterocycles. The molecule has 1 aliphatic rings. The first kappa shape index (κ1) is 11.6. The number of amidine groups is 1. The van der Waals surface area contributed by atoms with Gasteiger partial charge in [0.2, 0.25) is 0 Å². The molecule has 2 N–H and O–H groups in total. The van der Waals surface area contributed by atoms with E-state index >= 15 is 0 Å². The maximum Gasteiger partial charge on any atom is 0.282 e. The Balaban J connectivity index is 1.74. The van der Waals surface area contributed by atoms with E-state index in [1.807, 2.05) is 24.3 Å². The molecule has 1 atom stereocenters. The van der Waals surface area contributed by atoms with Crippen LogP contribution in [0.1, 0.15) is 6.42 Å². The first-order valence-corrected chi connectivity index (χ1v) is 5.51. The van der Waals surface area contributed by atoms with E-state index in [9.17, 15) is 0 Å². The van der Waals surface area contributed by atoms with Gasteiger partial charge in [-0.15, -0.1) is 0 Å². The Hall–Kier alpha value is -1.91. The van der Waals surface area contributed by atoms with Crippen molar-refractivity contribution in [2.75, 3.05) is 20.3 Å². The van der Waals surface area contributed by atoms with Gasteiger partial charge in [-0.05, 0) is 24.3 Å². The van der Waals surface area contributed by atoms with Crippen molar-refractivity contribution in [2.24, 2.45) is 10.7 Å². The Morgan fingerprint density at radius 2 is 2.06 bits per heavy atom.